The Kier molecular flexibility index (Phi) is 5.18. The normalized spacial score (nSPS) is 19.1. The average Bonchev–Trinajstić information content (AvgIpc) is 2.75. The minimum Gasteiger partial charge on any atom is -0.359 e. The van der Waals surface area contributed by atoms with E-state index >= 15 is 0 Å². The minimum absolute atomic E-state index is 0.148. The second-order valence-electron chi connectivity index (χ2n) is 8.16. The fraction of sp³-hybridized carbons (Fsp3) is 0.222. The third kappa shape index (κ3) is 3.57. The molecule has 3 heteroatoms. The van der Waals surface area contributed by atoms with E-state index in [0.29, 0.717) is 5.92 Å². The number of halogens is 1. The number of allylic oxidation sites excluding steroid dienone is 1. The molecule has 2 aliphatic rings. The maximum absolute atomic E-state index is 6.14. The van der Waals surface area contributed by atoms with Crippen molar-refractivity contribution in [1.29, 1.82) is 0 Å². The first-order chi connectivity index (χ1) is 14.7. The van der Waals surface area contributed by atoms with E-state index in [1.54, 1.807) is 0 Å². The highest BCUT2D eigenvalue weighted by Gasteiger charge is 2.28. The molecule has 3 aromatic carbocycles. The van der Waals surface area contributed by atoms with E-state index in [1.807, 2.05) is 18.2 Å². The van der Waals surface area contributed by atoms with Gasteiger partial charge in [-0.15, -0.1) is 0 Å². The zero-order valence-corrected chi connectivity index (χ0v) is 17.9. The van der Waals surface area contributed by atoms with Crippen LogP contribution < -0.4 is 5.32 Å². The van der Waals surface area contributed by atoms with Gasteiger partial charge < -0.3 is 5.32 Å². The van der Waals surface area contributed by atoms with Crippen molar-refractivity contribution < 1.29 is 0 Å². The zero-order valence-electron chi connectivity index (χ0n) is 17.1. The van der Waals surface area contributed by atoms with Crippen LogP contribution in [0.1, 0.15) is 60.5 Å². The maximum atomic E-state index is 6.14. The van der Waals surface area contributed by atoms with E-state index in [4.69, 9.17) is 16.6 Å². The van der Waals surface area contributed by atoms with E-state index in [1.165, 1.54) is 41.7 Å². The van der Waals surface area contributed by atoms with Gasteiger partial charge in [0, 0.05) is 21.8 Å². The molecule has 30 heavy (non-hydrogen) atoms. The Morgan fingerprint density at radius 1 is 0.867 bits per heavy atom. The van der Waals surface area contributed by atoms with Gasteiger partial charge in [-0.25, -0.2) is 0 Å². The van der Waals surface area contributed by atoms with Gasteiger partial charge in [-0.1, -0.05) is 84.8 Å². The van der Waals surface area contributed by atoms with Crippen LogP contribution in [0.4, 0.5) is 0 Å². The lowest BCUT2D eigenvalue weighted by Gasteiger charge is -2.32. The molecule has 1 atom stereocenters. The standard InChI is InChI=1S/C27H25ClN2/c1-18-25(20-8-3-2-4-9-20)29-27(21-14-16-22(28)17-15-21)30-26(18)24-13-6-5-12-23(24)19-10-7-11-19/h2-6,8-9,12-17,19,27,30H,7,10-11H2,1H3. The summed E-state index contributed by atoms with van der Waals surface area (Å²) >= 11 is 6.14. The summed E-state index contributed by atoms with van der Waals surface area (Å²) in [6, 6.07) is 27.3. The molecule has 1 fully saturated rings. The van der Waals surface area contributed by atoms with Crippen molar-refractivity contribution in [2.75, 3.05) is 0 Å². The van der Waals surface area contributed by atoms with Gasteiger partial charge in [-0.2, -0.15) is 0 Å². The molecule has 1 saturated carbocycles. The summed E-state index contributed by atoms with van der Waals surface area (Å²) < 4.78 is 0. The molecular weight excluding hydrogens is 388 g/mol. The quantitative estimate of drug-likeness (QED) is 0.484. The van der Waals surface area contributed by atoms with Crippen molar-refractivity contribution >= 4 is 23.0 Å². The lowest BCUT2D eigenvalue weighted by Crippen LogP contribution is -2.28. The summed E-state index contributed by atoms with van der Waals surface area (Å²) in [5, 5.41) is 4.49. The molecule has 5 rings (SSSR count). The van der Waals surface area contributed by atoms with Gasteiger partial charge in [0.05, 0.1) is 5.71 Å². The van der Waals surface area contributed by atoms with Crippen LogP contribution in [-0.2, 0) is 0 Å². The minimum atomic E-state index is -0.148. The molecular formula is C27H25ClN2. The Bertz CT molecular complexity index is 1110. The van der Waals surface area contributed by atoms with Crippen LogP contribution in [0.25, 0.3) is 5.70 Å². The summed E-state index contributed by atoms with van der Waals surface area (Å²) in [6.07, 6.45) is 3.74. The highest BCUT2D eigenvalue weighted by molar-refractivity contribution is 6.30. The summed E-state index contributed by atoms with van der Waals surface area (Å²) in [5.74, 6) is 0.663. The zero-order chi connectivity index (χ0) is 20.5. The number of aliphatic imine (C=N–C) groups is 1. The Balaban J connectivity index is 1.64. The lowest BCUT2D eigenvalue weighted by molar-refractivity contribution is 0.419. The third-order valence-corrected chi connectivity index (χ3v) is 6.53. The Morgan fingerprint density at radius 3 is 2.27 bits per heavy atom. The highest BCUT2D eigenvalue weighted by Crippen LogP contribution is 2.41. The third-order valence-electron chi connectivity index (χ3n) is 6.28. The molecule has 150 valence electrons. The van der Waals surface area contributed by atoms with E-state index in [-0.39, 0.29) is 6.17 Å². The van der Waals surface area contributed by atoms with Gasteiger partial charge in [-0.3, -0.25) is 4.99 Å². The molecule has 0 aromatic heterocycles. The largest absolute Gasteiger partial charge is 0.359 e. The molecule has 1 aliphatic heterocycles. The number of hydrogen-bond acceptors (Lipinski definition) is 2. The number of nitrogens with one attached hydrogen (secondary N) is 1. The lowest BCUT2D eigenvalue weighted by atomic mass is 9.77. The predicted molar refractivity (Wildman–Crippen MR) is 126 cm³/mol. The molecule has 1 heterocycles. The second kappa shape index (κ2) is 8.12. The molecule has 0 saturated heterocycles. The summed E-state index contributed by atoms with van der Waals surface area (Å²) in [5.41, 5.74) is 8.45. The van der Waals surface area contributed by atoms with Crippen LogP contribution in [0.3, 0.4) is 0 Å². The molecule has 0 spiro atoms. The van der Waals surface area contributed by atoms with Crippen molar-refractivity contribution in [2.24, 2.45) is 4.99 Å². The van der Waals surface area contributed by atoms with Crippen LogP contribution in [0.2, 0.25) is 5.02 Å². The fourth-order valence-electron chi connectivity index (χ4n) is 4.39. The summed E-state index contributed by atoms with van der Waals surface area (Å²) in [4.78, 5) is 5.12. The smallest absolute Gasteiger partial charge is 0.145 e. The van der Waals surface area contributed by atoms with Crippen LogP contribution in [0, 0.1) is 0 Å². The van der Waals surface area contributed by atoms with Gasteiger partial charge in [0.2, 0.25) is 0 Å². The van der Waals surface area contributed by atoms with Crippen molar-refractivity contribution in [3.8, 4) is 0 Å². The molecule has 1 unspecified atom stereocenters. The van der Waals surface area contributed by atoms with Crippen molar-refractivity contribution in [1.82, 2.24) is 5.32 Å². The van der Waals surface area contributed by atoms with E-state index in [9.17, 15) is 0 Å². The molecule has 2 nitrogen and oxygen atoms in total. The number of hydrogen-bond donors (Lipinski definition) is 1. The highest BCUT2D eigenvalue weighted by atomic mass is 35.5. The van der Waals surface area contributed by atoms with E-state index in [0.717, 1.165) is 21.9 Å². The average molecular weight is 413 g/mol. The van der Waals surface area contributed by atoms with Crippen LogP contribution in [-0.4, -0.2) is 5.71 Å². The maximum Gasteiger partial charge on any atom is 0.145 e. The van der Waals surface area contributed by atoms with Gasteiger partial charge >= 0.3 is 0 Å². The van der Waals surface area contributed by atoms with Crippen LogP contribution in [0.15, 0.2) is 89.4 Å². The SMILES string of the molecule is CC1=C(c2ccccc2C2CCC2)NC(c2ccc(Cl)cc2)N=C1c1ccccc1. The van der Waals surface area contributed by atoms with E-state index in [2.05, 4.69) is 72.9 Å². The topological polar surface area (TPSA) is 24.4 Å². The first-order valence-electron chi connectivity index (χ1n) is 10.7. The molecule has 1 N–H and O–H groups in total. The number of rotatable bonds is 4. The van der Waals surface area contributed by atoms with E-state index < -0.39 is 0 Å². The monoisotopic (exact) mass is 412 g/mol. The Labute approximate surface area is 183 Å². The molecule has 0 radical (unpaired) electrons. The van der Waals surface area contributed by atoms with Crippen LogP contribution >= 0.6 is 11.6 Å². The Morgan fingerprint density at radius 2 is 1.57 bits per heavy atom. The van der Waals surface area contributed by atoms with Crippen molar-refractivity contribution in [3.05, 3.63) is 112 Å². The number of benzene rings is 3. The van der Waals surface area contributed by atoms with Crippen molar-refractivity contribution in [2.45, 2.75) is 38.3 Å². The van der Waals surface area contributed by atoms with Gasteiger partial charge in [0.25, 0.3) is 0 Å². The molecule has 1 aliphatic carbocycles. The summed E-state index contributed by atoms with van der Waals surface area (Å²) in [6.45, 7) is 2.18. The van der Waals surface area contributed by atoms with Crippen molar-refractivity contribution in [3.63, 3.8) is 0 Å². The predicted octanol–water partition coefficient (Wildman–Crippen LogP) is 7.13. The van der Waals surface area contributed by atoms with Gasteiger partial charge in [0.15, 0.2) is 0 Å². The fourth-order valence-corrected chi connectivity index (χ4v) is 4.52. The van der Waals surface area contributed by atoms with Gasteiger partial charge in [0.1, 0.15) is 6.17 Å². The molecule has 3 aromatic rings. The summed E-state index contributed by atoms with van der Waals surface area (Å²) in [7, 11) is 0. The first-order valence-corrected chi connectivity index (χ1v) is 11.0. The van der Waals surface area contributed by atoms with Gasteiger partial charge in [-0.05, 0) is 54.5 Å². The second-order valence-corrected chi connectivity index (χ2v) is 8.59. The van der Waals surface area contributed by atoms with Crippen LogP contribution in [0.5, 0.6) is 0 Å². The molecule has 0 bridgehead atoms. The Hall–Kier alpha value is -2.84. The molecule has 0 amide bonds. The first kappa shape index (κ1) is 19.1. The number of nitrogens with zero attached hydrogens (tertiary/aromatic N) is 1.